The number of carbonyl (C=O) groups excluding carboxylic acids is 2. The number of likely N-dealkylation sites (tertiary alicyclic amines) is 1. The molecule has 2 amide bonds. The van der Waals surface area contributed by atoms with E-state index < -0.39 is 17.5 Å². The number of hydrogen-bond donors (Lipinski definition) is 3. The summed E-state index contributed by atoms with van der Waals surface area (Å²) in [5.41, 5.74) is 3.71. The second kappa shape index (κ2) is 8.90. The third-order valence-electron chi connectivity index (χ3n) is 6.88. The third kappa shape index (κ3) is 4.25. The largest absolute Gasteiger partial charge is 0.481 e. The van der Waals surface area contributed by atoms with E-state index in [9.17, 15) is 19.5 Å². The summed E-state index contributed by atoms with van der Waals surface area (Å²) in [5, 5.41) is 18.7. The van der Waals surface area contributed by atoms with E-state index >= 15 is 0 Å². The molecule has 0 saturated carbocycles. The van der Waals surface area contributed by atoms with Crippen LogP contribution in [0.15, 0.2) is 54.6 Å². The van der Waals surface area contributed by atoms with E-state index in [1.807, 2.05) is 36.4 Å². The van der Waals surface area contributed by atoms with Gasteiger partial charge in [0, 0.05) is 25.1 Å². The molecular weight excluding hydrogens is 448 g/mol. The highest BCUT2D eigenvalue weighted by Gasteiger charge is 2.40. The van der Waals surface area contributed by atoms with Gasteiger partial charge in [0.25, 0.3) is 5.91 Å². The lowest BCUT2D eigenvalue weighted by Gasteiger charge is -2.37. The molecule has 0 radical (unpaired) electrons. The van der Waals surface area contributed by atoms with Crippen molar-refractivity contribution in [2.45, 2.75) is 25.7 Å². The van der Waals surface area contributed by atoms with E-state index in [2.05, 4.69) is 27.6 Å². The lowest BCUT2D eigenvalue weighted by atomic mass is 9.82. The van der Waals surface area contributed by atoms with Crippen LogP contribution in [0.3, 0.4) is 0 Å². The van der Waals surface area contributed by atoms with E-state index in [0.717, 1.165) is 22.3 Å². The smallest absolute Gasteiger partial charge is 0.412 e. The van der Waals surface area contributed by atoms with Crippen LogP contribution in [0.1, 0.15) is 47.3 Å². The van der Waals surface area contributed by atoms with Crippen LogP contribution in [0.25, 0.3) is 11.1 Å². The van der Waals surface area contributed by atoms with E-state index in [0.29, 0.717) is 19.4 Å². The van der Waals surface area contributed by atoms with Gasteiger partial charge in [-0.25, -0.2) is 4.79 Å². The lowest BCUT2D eigenvalue weighted by molar-refractivity contribution is -0.150. The number of aromatic amines is 1. The zero-order valence-electron chi connectivity index (χ0n) is 19.3. The van der Waals surface area contributed by atoms with Crippen molar-refractivity contribution in [1.29, 1.82) is 0 Å². The van der Waals surface area contributed by atoms with Crippen molar-refractivity contribution in [2.24, 2.45) is 5.41 Å². The molecule has 35 heavy (non-hydrogen) atoms. The molecule has 1 aliphatic carbocycles. The van der Waals surface area contributed by atoms with Crippen LogP contribution in [0, 0.1) is 5.41 Å². The molecule has 1 aromatic heterocycles. The molecule has 9 heteroatoms. The Morgan fingerprint density at radius 1 is 1.14 bits per heavy atom. The minimum atomic E-state index is -0.976. The van der Waals surface area contributed by atoms with Gasteiger partial charge in [-0.05, 0) is 42.0 Å². The quantitative estimate of drug-likeness (QED) is 0.511. The Morgan fingerprint density at radius 2 is 1.80 bits per heavy atom. The first-order chi connectivity index (χ1) is 16.9. The zero-order valence-corrected chi connectivity index (χ0v) is 19.3. The van der Waals surface area contributed by atoms with Crippen LogP contribution in [0.5, 0.6) is 0 Å². The fourth-order valence-corrected chi connectivity index (χ4v) is 4.99. The molecule has 1 unspecified atom stereocenters. The molecule has 2 heterocycles. The highest BCUT2D eigenvalue weighted by molar-refractivity contribution is 5.94. The molecule has 9 nitrogen and oxygen atoms in total. The van der Waals surface area contributed by atoms with Crippen molar-refractivity contribution in [1.82, 2.24) is 15.1 Å². The molecule has 1 aliphatic heterocycles. The summed E-state index contributed by atoms with van der Waals surface area (Å²) in [6, 6.07) is 17.6. The number of nitrogens with one attached hydrogen (secondary N) is 2. The summed E-state index contributed by atoms with van der Waals surface area (Å²) >= 11 is 0. The average Bonchev–Trinajstić information content (AvgIpc) is 3.45. The van der Waals surface area contributed by atoms with Gasteiger partial charge in [0.15, 0.2) is 5.82 Å². The van der Waals surface area contributed by atoms with E-state index in [1.165, 1.54) is 11.0 Å². The topological polar surface area (TPSA) is 125 Å². The molecule has 0 bridgehead atoms. The minimum absolute atomic E-state index is 0.0629. The standard InChI is InChI=1S/C26H26N4O5/c1-26(24(32)33)11-6-12-30(15-26)23(31)21-13-22(29-28-21)27-25(34)35-14-20-18-9-4-2-7-16(18)17-8-3-5-10-19(17)20/h2-5,7-10,13,20H,6,11-12,14-15H2,1H3,(H,32,33)(H2,27,28,29,34). The first-order valence-corrected chi connectivity index (χ1v) is 11.6. The zero-order chi connectivity index (χ0) is 24.6. The number of benzene rings is 2. The molecule has 2 aromatic carbocycles. The number of carboxylic acids is 1. The van der Waals surface area contributed by atoms with Crippen molar-refractivity contribution in [3.8, 4) is 11.1 Å². The summed E-state index contributed by atoms with van der Waals surface area (Å²) in [6.07, 6.45) is 0.450. The number of piperidine rings is 1. The Morgan fingerprint density at radius 3 is 2.46 bits per heavy atom. The lowest BCUT2D eigenvalue weighted by Crippen LogP contribution is -2.48. The van der Waals surface area contributed by atoms with Crippen molar-refractivity contribution in [3.05, 3.63) is 71.4 Å². The van der Waals surface area contributed by atoms with Crippen LogP contribution in [0.2, 0.25) is 0 Å². The summed E-state index contributed by atoms with van der Waals surface area (Å²) < 4.78 is 5.52. The maximum Gasteiger partial charge on any atom is 0.412 e. The number of carboxylic acid groups (broad SMARTS) is 1. The van der Waals surface area contributed by atoms with Crippen LogP contribution in [-0.2, 0) is 9.53 Å². The van der Waals surface area contributed by atoms with Gasteiger partial charge in [-0.1, -0.05) is 48.5 Å². The molecule has 3 aromatic rings. The van der Waals surface area contributed by atoms with Crippen molar-refractivity contribution >= 4 is 23.8 Å². The number of carbonyl (C=O) groups is 3. The Bertz CT molecular complexity index is 1260. The number of hydrogen-bond acceptors (Lipinski definition) is 5. The third-order valence-corrected chi connectivity index (χ3v) is 6.88. The number of anilines is 1. The number of amides is 2. The Hall–Kier alpha value is -4.14. The second-order valence-electron chi connectivity index (χ2n) is 9.31. The molecule has 1 saturated heterocycles. The maximum atomic E-state index is 12.9. The number of nitrogens with zero attached hydrogens (tertiary/aromatic N) is 2. The molecule has 0 spiro atoms. The fraction of sp³-hybridized carbons (Fsp3) is 0.308. The number of rotatable bonds is 5. The monoisotopic (exact) mass is 474 g/mol. The van der Waals surface area contributed by atoms with Gasteiger partial charge in [-0.2, -0.15) is 5.10 Å². The van der Waals surface area contributed by atoms with Crippen LogP contribution in [0.4, 0.5) is 10.6 Å². The van der Waals surface area contributed by atoms with Crippen LogP contribution in [-0.4, -0.2) is 57.9 Å². The summed E-state index contributed by atoms with van der Waals surface area (Å²) in [5.74, 6) is -1.18. The number of H-pyrrole nitrogens is 1. The highest BCUT2D eigenvalue weighted by atomic mass is 16.5. The van der Waals surface area contributed by atoms with Gasteiger partial charge in [0.05, 0.1) is 5.41 Å². The van der Waals surface area contributed by atoms with E-state index in [-0.39, 0.29) is 36.5 Å². The van der Waals surface area contributed by atoms with Crippen molar-refractivity contribution < 1.29 is 24.2 Å². The van der Waals surface area contributed by atoms with Gasteiger partial charge in [-0.3, -0.25) is 20.0 Å². The van der Waals surface area contributed by atoms with Gasteiger partial charge >= 0.3 is 12.1 Å². The normalized spacial score (nSPS) is 19.1. The number of aliphatic carboxylic acids is 1. The summed E-state index contributed by atoms with van der Waals surface area (Å²) in [6.45, 7) is 2.40. The van der Waals surface area contributed by atoms with Gasteiger partial charge in [0.2, 0.25) is 0 Å². The highest BCUT2D eigenvalue weighted by Crippen LogP contribution is 2.44. The Balaban J connectivity index is 1.21. The molecule has 180 valence electrons. The number of ether oxygens (including phenoxy) is 1. The van der Waals surface area contributed by atoms with Crippen molar-refractivity contribution in [2.75, 3.05) is 25.0 Å². The summed E-state index contributed by atoms with van der Waals surface area (Å²) in [7, 11) is 0. The first-order valence-electron chi connectivity index (χ1n) is 11.6. The molecular formula is C26H26N4O5. The SMILES string of the molecule is CC1(C(=O)O)CCCN(C(=O)c2cc(NC(=O)OCC3c4ccccc4-c4ccccc43)n[nH]2)C1. The van der Waals surface area contributed by atoms with Gasteiger partial charge in [-0.15, -0.1) is 0 Å². The van der Waals surface area contributed by atoms with Crippen LogP contribution >= 0.6 is 0 Å². The Kier molecular flexibility index (Phi) is 5.76. The Labute approximate surface area is 202 Å². The molecule has 1 fully saturated rings. The second-order valence-corrected chi connectivity index (χ2v) is 9.31. The van der Waals surface area contributed by atoms with Crippen LogP contribution < -0.4 is 5.32 Å². The fourth-order valence-electron chi connectivity index (χ4n) is 4.99. The number of aromatic nitrogens is 2. The molecule has 2 aliphatic rings. The average molecular weight is 475 g/mol. The van der Waals surface area contributed by atoms with E-state index in [4.69, 9.17) is 4.74 Å². The molecule has 3 N–H and O–H groups in total. The van der Waals surface area contributed by atoms with Gasteiger partial charge < -0.3 is 14.7 Å². The van der Waals surface area contributed by atoms with E-state index in [1.54, 1.807) is 6.92 Å². The molecule has 1 atom stereocenters. The molecule has 5 rings (SSSR count). The predicted molar refractivity (Wildman–Crippen MR) is 128 cm³/mol. The predicted octanol–water partition coefficient (Wildman–Crippen LogP) is 4.10. The van der Waals surface area contributed by atoms with Crippen molar-refractivity contribution in [3.63, 3.8) is 0 Å². The summed E-state index contributed by atoms with van der Waals surface area (Å²) in [4.78, 5) is 38.4. The minimum Gasteiger partial charge on any atom is -0.481 e. The first kappa shape index (κ1) is 22.6. The maximum absolute atomic E-state index is 12.9. The number of fused-ring (bicyclic) bond motifs is 3. The van der Waals surface area contributed by atoms with Gasteiger partial charge in [0.1, 0.15) is 12.3 Å².